The summed E-state index contributed by atoms with van der Waals surface area (Å²) in [4.78, 5) is 0.440. The van der Waals surface area contributed by atoms with Gasteiger partial charge in [-0.2, -0.15) is 0 Å². The zero-order valence-corrected chi connectivity index (χ0v) is 31.3. The lowest BCUT2D eigenvalue weighted by atomic mass is 10.1. The summed E-state index contributed by atoms with van der Waals surface area (Å²) in [7, 11) is -7.58. The molecule has 6 rings (SSSR count). The fourth-order valence-electron chi connectivity index (χ4n) is 5.52. The second kappa shape index (κ2) is 17.0. The summed E-state index contributed by atoms with van der Waals surface area (Å²) >= 11 is 0. The van der Waals surface area contributed by atoms with Gasteiger partial charge in [0.05, 0.1) is 19.6 Å². The first kappa shape index (κ1) is 38.1. The van der Waals surface area contributed by atoms with Crippen molar-refractivity contribution in [1.82, 2.24) is 0 Å². The third kappa shape index (κ3) is 9.48. The highest BCUT2D eigenvalue weighted by Gasteiger charge is 2.20. The molecule has 0 saturated heterocycles. The molecule has 6 aromatic carbocycles. The van der Waals surface area contributed by atoms with Crippen molar-refractivity contribution in [3.05, 3.63) is 169 Å². The van der Waals surface area contributed by atoms with Crippen molar-refractivity contribution in [3.8, 4) is 23.0 Å². The number of rotatable bonds is 16. The molecule has 0 bridgehead atoms. The van der Waals surface area contributed by atoms with Gasteiger partial charge in [-0.25, -0.2) is 16.8 Å². The molecule has 0 aromatic heterocycles. The van der Waals surface area contributed by atoms with Gasteiger partial charge in [0, 0.05) is 0 Å². The van der Waals surface area contributed by atoms with Crippen LogP contribution in [0.5, 0.6) is 23.0 Å². The van der Waals surface area contributed by atoms with E-state index in [-0.39, 0.29) is 45.0 Å². The Kier molecular flexibility index (Phi) is 12.0. The number of hydrogen-bond donors (Lipinski definition) is 1. The van der Waals surface area contributed by atoms with Gasteiger partial charge in [0.15, 0.2) is 0 Å². The summed E-state index contributed by atoms with van der Waals surface area (Å²) in [5.41, 5.74) is 2.02. The quantitative estimate of drug-likeness (QED) is 0.103. The number of sulfone groups is 2. The number of ether oxygens (including phenoxy) is 4. The molecule has 0 heterocycles. The summed E-state index contributed by atoms with van der Waals surface area (Å²) in [6, 6.07) is 43.9. The maximum Gasteiger partial charge on any atom is 0.206 e. The maximum absolute atomic E-state index is 13.2. The van der Waals surface area contributed by atoms with Crippen LogP contribution in [0.3, 0.4) is 0 Å². The van der Waals surface area contributed by atoms with Gasteiger partial charge in [0.2, 0.25) is 19.7 Å². The summed E-state index contributed by atoms with van der Waals surface area (Å²) in [6.07, 6.45) is -1.42. The Morgan fingerprint density at radius 3 is 1.00 bits per heavy atom. The number of hydrogen-bond acceptors (Lipinski definition) is 9. The van der Waals surface area contributed by atoms with Crippen molar-refractivity contribution < 1.29 is 40.9 Å². The molecule has 2 unspecified atom stereocenters. The van der Waals surface area contributed by atoms with Crippen molar-refractivity contribution >= 4 is 19.7 Å². The van der Waals surface area contributed by atoms with E-state index in [0.717, 1.165) is 11.1 Å². The van der Waals surface area contributed by atoms with Crippen LogP contribution in [0.2, 0.25) is 0 Å². The topological polar surface area (TPSA) is 125 Å². The Hall–Kier alpha value is -5.62. The van der Waals surface area contributed by atoms with Gasteiger partial charge in [-0.15, -0.1) is 0 Å². The Morgan fingerprint density at radius 2 is 0.704 bits per heavy atom. The van der Waals surface area contributed by atoms with Gasteiger partial charge in [-0.05, 0) is 122 Å². The molecule has 0 spiro atoms. The molecular formula is C43H40O9S2. The lowest BCUT2D eigenvalue weighted by molar-refractivity contribution is 0.0626. The SMILES string of the molecule is CC(Oc1ccc(S(=O)(=O)c2ccc(OCC(O)COc3ccc(S(=O)(=O)c4ccc(OC(C)c5ccccc5)cc4)cc3)cc2)cc1)c1ccccc1. The predicted octanol–water partition coefficient (Wildman–Crippen LogP) is 8.45. The van der Waals surface area contributed by atoms with Crippen LogP contribution < -0.4 is 18.9 Å². The summed E-state index contributed by atoms with van der Waals surface area (Å²) in [5, 5.41) is 10.5. The first-order chi connectivity index (χ1) is 26.0. The lowest BCUT2D eigenvalue weighted by Crippen LogP contribution is -2.25. The zero-order valence-electron chi connectivity index (χ0n) is 29.7. The average molecular weight is 765 g/mol. The fraction of sp³-hybridized carbons (Fsp3) is 0.163. The van der Waals surface area contributed by atoms with Crippen molar-refractivity contribution in [2.45, 2.75) is 51.7 Å². The van der Waals surface area contributed by atoms with Crippen molar-refractivity contribution in [1.29, 1.82) is 0 Å². The van der Waals surface area contributed by atoms with Gasteiger partial charge >= 0.3 is 0 Å². The minimum absolute atomic E-state index is 0.0926. The highest BCUT2D eigenvalue weighted by molar-refractivity contribution is 7.91. The molecule has 0 radical (unpaired) electrons. The second-order valence-electron chi connectivity index (χ2n) is 12.5. The lowest BCUT2D eigenvalue weighted by Gasteiger charge is -2.16. The van der Waals surface area contributed by atoms with Gasteiger partial charge in [0.1, 0.15) is 54.5 Å². The van der Waals surface area contributed by atoms with Crippen molar-refractivity contribution in [2.75, 3.05) is 13.2 Å². The van der Waals surface area contributed by atoms with Crippen LogP contribution in [0.1, 0.15) is 37.2 Å². The van der Waals surface area contributed by atoms with Crippen LogP contribution in [-0.2, 0) is 19.7 Å². The monoisotopic (exact) mass is 764 g/mol. The molecule has 278 valence electrons. The molecular weight excluding hydrogens is 725 g/mol. The molecule has 6 aromatic rings. The molecule has 0 aliphatic heterocycles. The molecule has 54 heavy (non-hydrogen) atoms. The number of aliphatic hydroxyl groups excluding tert-OH is 1. The van der Waals surface area contributed by atoms with Crippen molar-refractivity contribution in [2.24, 2.45) is 0 Å². The van der Waals surface area contributed by atoms with Gasteiger partial charge in [0.25, 0.3) is 0 Å². The van der Waals surface area contributed by atoms with Gasteiger partial charge in [-0.3, -0.25) is 0 Å². The van der Waals surface area contributed by atoms with E-state index in [0.29, 0.717) is 23.0 Å². The van der Waals surface area contributed by atoms with E-state index < -0.39 is 25.8 Å². The van der Waals surface area contributed by atoms with Crippen LogP contribution >= 0.6 is 0 Å². The van der Waals surface area contributed by atoms with E-state index in [4.69, 9.17) is 18.9 Å². The highest BCUT2D eigenvalue weighted by atomic mass is 32.2. The normalized spacial score (nSPS) is 13.3. The minimum atomic E-state index is -3.79. The first-order valence-corrected chi connectivity index (χ1v) is 20.2. The molecule has 0 aliphatic rings. The Morgan fingerprint density at radius 1 is 0.426 bits per heavy atom. The standard InChI is InChI=1S/C43H40O9S2/c1-31(33-9-5-3-6-10-33)51-38-17-25-42(26-18-38)53(45,46)40-21-13-36(14-22-40)49-29-35(44)30-50-37-15-23-41(24-16-37)54(47,48)43-27-19-39(20-28-43)52-32(2)34-11-7-4-8-12-34/h3-28,31-32,35,44H,29-30H2,1-2H3. The molecule has 0 saturated carbocycles. The summed E-state index contributed by atoms with van der Waals surface area (Å²) in [5.74, 6) is 1.84. The van der Waals surface area contributed by atoms with Gasteiger partial charge < -0.3 is 24.1 Å². The van der Waals surface area contributed by atoms with Crippen LogP contribution in [0.25, 0.3) is 0 Å². The van der Waals surface area contributed by atoms with Crippen LogP contribution in [0.4, 0.5) is 0 Å². The molecule has 1 N–H and O–H groups in total. The maximum atomic E-state index is 13.2. The van der Waals surface area contributed by atoms with Crippen LogP contribution in [-0.4, -0.2) is 41.3 Å². The molecule has 0 aliphatic carbocycles. The van der Waals surface area contributed by atoms with E-state index in [1.165, 1.54) is 72.8 Å². The third-order valence-electron chi connectivity index (χ3n) is 8.58. The van der Waals surface area contributed by atoms with E-state index in [1.807, 2.05) is 74.5 Å². The average Bonchev–Trinajstić information content (AvgIpc) is 3.20. The molecule has 0 amide bonds. The van der Waals surface area contributed by atoms with Crippen LogP contribution in [0, 0.1) is 0 Å². The summed E-state index contributed by atoms with van der Waals surface area (Å²) in [6.45, 7) is 3.62. The Labute approximate surface area is 316 Å². The Balaban J connectivity index is 0.963. The fourth-order valence-corrected chi connectivity index (χ4v) is 8.04. The van der Waals surface area contributed by atoms with E-state index in [1.54, 1.807) is 24.3 Å². The van der Waals surface area contributed by atoms with Crippen LogP contribution in [0.15, 0.2) is 177 Å². The van der Waals surface area contributed by atoms with Gasteiger partial charge in [-0.1, -0.05) is 60.7 Å². The molecule has 11 heteroatoms. The predicted molar refractivity (Wildman–Crippen MR) is 205 cm³/mol. The van der Waals surface area contributed by atoms with E-state index in [2.05, 4.69) is 0 Å². The summed E-state index contributed by atoms with van der Waals surface area (Å²) < 4.78 is 76.2. The smallest absolute Gasteiger partial charge is 0.206 e. The van der Waals surface area contributed by atoms with Crippen molar-refractivity contribution in [3.63, 3.8) is 0 Å². The number of benzene rings is 6. The molecule has 0 fully saturated rings. The van der Waals surface area contributed by atoms with E-state index in [9.17, 15) is 21.9 Å². The largest absolute Gasteiger partial charge is 0.491 e. The molecule has 2 atom stereocenters. The minimum Gasteiger partial charge on any atom is -0.491 e. The van der Waals surface area contributed by atoms with E-state index >= 15 is 0 Å². The first-order valence-electron chi connectivity index (χ1n) is 17.3. The second-order valence-corrected chi connectivity index (χ2v) is 16.4. The Bertz CT molecular complexity index is 2150. The number of aliphatic hydroxyl groups is 1. The molecule has 9 nitrogen and oxygen atoms in total. The third-order valence-corrected chi connectivity index (χ3v) is 12.2. The highest BCUT2D eigenvalue weighted by Crippen LogP contribution is 2.29. The zero-order chi connectivity index (χ0) is 38.1.